The lowest BCUT2D eigenvalue weighted by molar-refractivity contribution is -0.0148. The third-order valence-corrected chi connectivity index (χ3v) is 6.26. The van der Waals surface area contributed by atoms with Gasteiger partial charge in [0.25, 0.3) is 0 Å². The number of rotatable bonds is 7. The van der Waals surface area contributed by atoms with Crippen LogP contribution in [0.3, 0.4) is 0 Å². The van der Waals surface area contributed by atoms with Crippen LogP contribution in [0.4, 0.5) is 13.2 Å². The molecule has 4 rings (SSSR count). The Hall–Kier alpha value is -2.79. The number of hydrogen-bond acceptors (Lipinski definition) is 2. The Labute approximate surface area is 193 Å². The Morgan fingerprint density at radius 2 is 1.61 bits per heavy atom. The number of aryl methyl sites for hydroxylation is 1. The molecule has 3 aromatic rings. The van der Waals surface area contributed by atoms with E-state index in [-0.39, 0.29) is 29.8 Å². The molecule has 2 unspecified atom stereocenters. The lowest BCUT2D eigenvalue weighted by Gasteiger charge is -2.26. The fourth-order valence-corrected chi connectivity index (χ4v) is 4.28. The second-order valence-corrected chi connectivity index (χ2v) is 8.73. The summed E-state index contributed by atoms with van der Waals surface area (Å²) in [6, 6.07) is 15.2. The van der Waals surface area contributed by atoms with Gasteiger partial charge in [-0.3, -0.25) is 0 Å². The molecule has 0 aromatic heterocycles. The summed E-state index contributed by atoms with van der Waals surface area (Å²) in [5.74, 6) is -1.67. The van der Waals surface area contributed by atoms with Crippen LogP contribution in [-0.2, 0) is 11.2 Å². The van der Waals surface area contributed by atoms with E-state index in [1.54, 1.807) is 31.2 Å². The molecule has 0 radical (unpaired) electrons. The van der Waals surface area contributed by atoms with Crippen LogP contribution in [0, 0.1) is 23.4 Å². The normalized spacial score (nSPS) is 18.3. The van der Waals surface area contributed by atoms with Gasteiger partial charge in [0, 0.05) is 12.2 Å². The molecule has 0 bridgehead atoms. The van der Waals surface area contributed by atoms with Crippen LogP contribution in [-0.4, -0.2) is 19.3 Å². The molecule has 0 N–H and O–H groups in total. The zero-order valence-electron chi connectivity index (χ0n) is 19.0. The minimum atomic E-state index is -0.996. The van der Waals surface area contributed by atoms with Crippen molar-refractivity contribution in [2.24, 2.45) is 5.92 Å². The van der Waals surface area contributed by atoms with Crippen molar-refractivity contribution in [3.05, 3.63) is 77.6 Å². The Morgan fingerprint density at radius 3 is 2.27 bits per heavy atom. The minimum Gasteiger partial charge on any atom is -0.491 e. The maximum Gasteiger partial charge on any atom is 0.201 e. The van der Waals surface area contributed by atoms with Gasteiger partial charge in [0.05, 0.1) is 12.7 Å². The van der Waals surface area contributed by atoms with Gasteiger partial charge >= 0.3 is 0 Å². The molecule has 0 amide bonds. The van der Waals surface area contributed by atoms with Gasteiger partial charge in [-0.05, 0) is 79.0 Å². The monoisotopic (exact) mass is 454 g/mol. The fourth-order valence-electron chi connectivity index (χ4n) is 4.28. The van der Waals surface area contributed by atoms with Crippen molar-refractivity contribution in [2.75, 3.05) is 13.2 Å². The van der Waals surface area contributed by atoms with Gasteiger partial charge in [-0.25, -0.2) is 8.78 Å². The number of hydrogen-bond donors (Lipinski definition) is 0. The maximum absolute atomic E-state index is 14.8. The second-order valence-electron chi connectivity index (χ2n) is 8.73. The van der Waals surface area contributed by atoms with E-state index in [4.69, 9.17) is 9.47 Å². The molecular weight excluding hydrogens is 425 g/mol. The van der Waals surface area contributed by atoms with Crippen LogP contribution >= 0.6 is 0 Å². The van der Waals surface area contributed by atoms with Crippen molar-refractivity contribution in [3.8, 4) is 28.0 Å². The topological polar surface area (TPSA) is 18.5 Å². The third kappa shape index (κ3) is 5.41. The largest absolute Gasteiger partial charge is 0.491 e. The van der Waals surface area contributed by atoms with Gasteiger partial charge in [-0.2, -0.15) is 4.39 Å². The summed E-state index contributed by atoms with van der Waals surface area (Å²) in [7, 11) is 0. The van der Waals surface area contributed by atoms with Crippen molar-refractivity contribution in [1.82, 2.24) is 0 Å². The zero-order valence-corrected chi connectivity index (χ0v) is 19.0. The van der Waals surface area contributed by atoms with Gasteiger partial charge in [0.1, 0.15) is 5.82 Å². The molecule has 0 saturated carbocycles. The van der Waals surface area contributed by atoms with Crippen LogP contribution < -0.4 is 4.74 Å². The summed E-state index contributed by atoms with van der Waals surface area (Å²) in [5.41, 5.74) is 2.93. The van der Waals surface area contributed by atoms with Gasteiger partial charge in [-0.15, -0.1) is 0 Å². The van der Waals surface area contributed by atoms with Crippen molar-refractivity contribution >= 4 is 0 Å². The highest BCUT2D eigenvalue weighted by atomic mass is 19.2. The first kappa shape index (κ1) is 23.4. The van der Waals surface area contributed by atoms with Crippen LogP contribution in [0.2, 0.25) is 0 Å². The van der Waals surface area contributed by atoms with Crippen molar-refractivity contribution < 1.29 is 22.6 Å². The van der Waals surface area contributed by atoms with Crippen LogP contribution in [0.1, 0.15) is 38.7 Å². The fraction of sp³-hybridized carbons (Fsp3) is 0.357. The highest BCUT2D eigenvalue weighted by Gasteiger charge is 2.19. The molecular formula is C28H29F3O2. The molecule has 2 atom stereocenters. The molecule has 1 saturated heterocycles. The standard InChI is InChI=1S/C28H29F3O2/c1-3-32-26-15-14-24(27(30)28(26)31)20-7-5-19(6-8-20)22-10-9-21(25(29)16-22)11-13-23-12-4-18(2)17-33-23/h5-10,14-16,18,23H,3-4,11-13,17H2,1-2H3. The van der Waals surface area contributed by atoms with Crippen LogP contribution in [0.15, 0.2) is 54.6 Å². The van der Waals surface area contributed by atoms with Crippen molar-refractivity contribution in [3.63, 3.8) is 0 Å². The summed E-state index contributed by atoms with van der Waals surface area (Å²) in [5, 5.41) is 0. The summed E-state index contributed by atoms with van der Waals surface area (Å²) < 4.78 is 54.4. The Bertz CT molecular complexity index is 1090. The maximum atomic E-state index is 14.8. The summed E-state index contributed by atoms with van der Waals surface area (Å²) in [6.45, 7) is 4.95. The molecule has 1 aliphatic heterocycles. The van der Waals surface area contributed by atoms with E-state index in [9.17, 15) is 13.2 Å². The highest BCUT2D eigenvalue weighted by molar-refractivity contribution is 5.71. The van der Waals surface area contributed by atoms with E-state index in [0.717, 1.165) is 37.0 Å². The second kappa shape index (κ2) is 10.4. The van der Waals surface area contributed by atoms with Gasteiger partial charge < -0.3 is 9.47 Å². The average molecular weight is 455 g/mol. The Balaban J connectivity index is 1.46. The Kier molecular flexibility index (Phi) is 7.39. The molecule has 3 aromatic carbocycles. The lowest BCUT2D eigenvalue weighted by atomic mass is 9.95. The summed E-state index contributed by atoms with van der Waals surface area (Å²) in [4.78, 5) is 0. The number of benzene rings is 3. The van der Waals surface area contributed by atoms with Crippen LogP contribution in [0.5, 0.6) is 5.75 Å². The quantitative estimate of drug-likeness (QED) is 0.366. The predicted molar refractivity (Wildman–Crippen MR) is 125 cm³/mol. The summed E-state index contributed by atoms with van der Waals surface area (Å²) in [6.07, 6.45) is 3.87. The highest BCUT2D eigenvalue weighted by Crippen LogP contribution is 2.32. The number of halogens is 3. The van der Waals surface area contributed by atoms with Crippen molar-refractivity contribution in [2.45, 2.75) is 45.6 Å². The molecule has 33 heavy (non-hydrogen) atoms. The molecule has 0 aliphatic carbocycles. The van der Waals surface area contributed by atoms with E-state index in [1.807, 2.05) is 12.1 Å². The summed E-state index contributed by atoms with van der Waals surface area (Å²) >= 11 is 0. The van der Waals surface area contributed by atoms with E-state index < -0.39 is 11.6 Å². The van der Waals surface area contributed by atoms with Gasteiger partial charge in [-0.1, -0.05) is 43.3 Å². The Morgan fingerprint density at radius 1 is 0.879 bits per heavy atom. The van der Waals surface area contributed by atoms with Crippen molar-refractivity contribution in [1.29, 1.82) is 0 Å². The minimum absolute atomic E-state index is 0.101. The van der Waals surface area contributed by atoms with Crippen LogP contribution in [0.25, 0.3) is 22.3 Å². The molecule has 1 aliphatic rings. The first-order valence-corrected chi connectivity index (χ1v) is 11.6. The predicted octanol–water partition coefficient (Wildman–Crippen LogP) is 7.58. The molecule has 0 spiro atoms. The molecule has 5 heteroatoms. The SMILES string of the molecule is CCOc1ccc(-c2ccc(-c3ccc(CCC4CCC(C)CO4)c(F)c3)cc2)c(F)c1F. The van der Waals surface area contributed by atoms with E-state index in [0.29, 0.717) is 23.5 Å². The molecule has 174 valence electrons. The third-order valence-electron chi connectivity index (χ3n) is 6.26. The first-order valence-electron chi connectivity index (χ1n) is 11.6. The van der Waals surface area contributed by atoms with Gasteiger partial charge in [0.15, 0.2) is 11.6 Å². The lowest BCUT2D eigenvalue weighted by Crippen LogP contribution is -2.24. The molecule has 1 fully saturated rings. The number of ether oxygens (including phenoxy) is 2. The van der Waals surface area contributed by atoms with E-state index in [2.05, 4.69) is 6.92 Å². The molecule has 2 nitrogen and oxygen atoms in total. The first-order chi connectivity index (χ1) is 16.0. The van der Waals surface area contributed by atoms with Gasteiger partial charge in [0.2, 0.25) is 5.82 Å². The van der Waals surface area contributed by atoms with E-state index >= 15 is 0 Å². The van der Waals surface area contributed by atoms with E-state index in [1.165, 1.54) is 18.2 Å². The zero-order chi connectivity index (χ0) is 23.4. The molecule has 1 heterocycles. The average Bonchev–Trinajstić information content (AvgIpc) is 2.83. The smallest absolute Gasteiger partial charge is 0.201 e.